The molecule has 30 heavy (non-hydrogen) atoms. The van der Waals surface area contributed by atoms with Crippen molar-refractivity contribution >= 4 is 23.6 Å². The van der Waals surface area contributed by atoms with Crippen molar-refractivity contribution in [2.45, 2.75) is 6.54 Å². The topological polar surface area (TPSA) is 74.3 Å². The minimum absolute atomic E-state index is 0.176. The minimum atomic E-state index is -0.368. The van der Waals surface area contributed by atoms with E-state index in [1.807, 2.05) is 61.5 Å². The fourth-order valence-corrected chi connectivity index (χ4v) is 2.76. The fourth-order valence-electron chi connectivity index (χ4n) is 2.76. The first-order valence-electron chi connectivity index (χ1n) is 9.55. The highest BCUT2D eigenvalue weighted by atomic mass is 16.2. The van der Waals surface area contributed by atoms with Crippen LogP contribution in [0.15, 0.2) is 84.8 Å². The summed E-state index contributed by atoms with van der Waals surface area (Å²) in [5, 5.41) is 5.59. The molecule has 6 heteroatoms. The molecule has 0 bridgehead atoms. The second-order valence-electron chi connectivity index (χ2n) is 6.90. The van der Waals surface area contributed by atoms with Crippen LogP contribution in [0.4, 0.5) is 5.69 Å². The number of aromatic nitrogens is 1. The summed E-state index contributed by atoms with van der Waals surface area (Å²) in [6, 6.07) is 20.2. The molecule has 0 aliphatic carbocycles. The lowest BCUT2D eigenvalue weighted by Crippen LogP contribution is -2.34. The van der Waals surface area contributed by atoms with Crippen LogP contribution < -0.4 is 15.5 Å². The predicted molar refractivity (Wildman–Crippen MR) is 119 cm³/mol. The number of rotatable bonds is 7. The number of hydrogen-bond donors (Lipinski definition) is 2. The smallest absolute Gasteiger partial charge is 0.268 e. The first-order chi connectivity index (χ1) is 14.5. The highest BCUT2D eigenvalue weighted by Crippen LogP contribution is 2.14. The monoisotopic (exact) mass is 400 g/mol. The van der Waals surface area contributed by atoms with Crippen LogP contribution in [0, 0.1) is 0 Å². The van der Waals surface area contributed by atoms with E-state index in [0.29, 0.717) is 12.1 Å². The van der Waals surface area contributed by atoms with Crippen molar-refractivity contribution in [2.75, 3.05) is 19.0 Å². The van der Waals surface area contributed by atoms with Gasteiger partial charge in [0.15, 0.2) is 0 Å². The summed E-state index contributed by atoms with van der Waals surface area (Å²) in [6.45, 7) is 0.333. The first kappa shape index (κ1) is 20.8. The zero-order valence-corrected chi connectivity index (χ0v) is 17.0. The zero-order valence-electron chi connectivity index (χ0n) is 17.0. The molecule has 0 unspecified atom stereocenters. The Labute approximate surface area is 176 Å². The Morgan fingerprint density at radius 2 is 1.60 bits per heavy atom. The van der Waals surface area contributed by atoms with E-state index in [-0.39, 0.29) is 17.5 Å². The lowest BCUT2D eigenvalue weighted by molar-refractivity contribution is -0.117. The van der Waals surface area contributed by atoms with Crippen molar-refractivity contribution in [3.8, 4) is 0 Å². The summed E-state index contributed by atoms with van der Waals surface area (Å²) in [4.78, 5) is 31.4. The van der Waals surface area contributed by atoms with E-state index in [2.05, 4.69) is 15.6 Å². The minimum Gasteiger partial charge on any atom is -0.378 e. The Balaban J connectivity index is 1.81. The van der Waals surface area contributed by atoms with Gasteiger partial charge < -0.3 is 15.5 Å². The molecule has 1 aromatic heterocycles. The van der Waals surface area contributed by atoms with Crippen LogP contribution in [0.2, 0.25) is 0 Å². The van der Waals surface area contributed by atoms with E-state index in [0.717, 1.165) is 16.8 Å². The first-order valence-corrected chi connectivity index (χ1v) is 9.55. The Morgan fingerprint density at radius 1 is 0.933 bits per heavy atom. The summed E-state index contributed by atoms with van der Waals surface area (Å²) < 4.78 is 0. The van der Waals surface area contributed by atoms with Gasteiger partial charge in [-0.05, 0) is 53.6 Å². The fraction of sp³-hybridized carbons (Fsp3) is 0.125. The number of carbonyl (C=O) groups is 2. The van der Waals surface area contributed by atoms with Gasteiger partial charge in [0.2, 0.25) is 0 Å². The standard InChI is InChI=1S/C24H24N4O2/c1-28(2)21-10-8-18(9-11-21)16-22(27-23(29)20-6-4-3-5-7-20)24(30)26-17-19-12-14-25-15-13-19/h3-16H,17H2,1-2H3,(H,26,30)(H,27,29)/b22-16+. The Morgan fingerprint density at radius 3 is 2.23 bits per heavy atom. The van der Waals surface area contributed by atoms with Crippen molar-refractivity contribution in [1.29, 1.82) is 0 Å². The molecule has 0 spiro atoms. The van der Waals surface area contributed by atoms with E-state index < -0.39 is 0 Å². The highest BCUT2D eigenvalue weighted by molar-refractivity contribution is 6.05. The lowest BCUT2D eigenvalue weighted by Gasteiger charge is -2.13. The highest BCUT2D eigenvalue weighted by Gasteiger charge is 2.14. The van der Waals surface area contributed by atoms with Gasteiger partial charge in [0.05, 0.1) is 0 Å². The van der Waals surface area contributed by atoms with Crippen LogP contribution in [0.25, 0.3) is 6.08 Å². The van der Waals surface area contributed by atoms with Crippen LogP contribution in [0.5, 0.6) is 0 Å². The van der Waals surface area contributed by atoms with Gasteiger partial charge in [0, 0.05) is 44.3 Å². The van der Waals surface area contributed by atoms with Gasteiger partial charge in [0.1, 0.15) is 5.70 Å². The molecule has 152 valence electrons. The maximum absolute atomic E-state index is 12.8. The summed E-state index contributed by atoms with van der Waals surface area (Å²) in [5.74, 6) is -0.710. The molecule has 0 atom stereocenters. The van der Waals surface area contributed by atoms with Crippen molar-refractivity contribution in [1.82, 2.24) is 15.6 Å². The molecule has 6 nitrogen and oxygen atoms in total. The van der Waals surface area contributed by atoms with Crippen molar-refractivity contribution < 1.29 is 9.59 Å². The number of hydrogen-bond acceptors (Lipinski definition) is 4. The summed E-state index contributed by atoms with van der Waals surface area (Å²) >= 11 is 0. The average molecular weight is 400 g/mol. The third-order valence-corrected chi connectivity index (χ3v) is 4.45. The quantitative estimate of drug-likeness (QED) is 0.597. The molecule has 3 rings (SSSR count). The number of amides is 2. The van der Waals surface area contributed by atoms with E-state index >= 15 is 0 Å². The molecule has 0 saturated heterocycles. The molecule has 0 fully saturated rings. The van der Waals surface area contributed by atoms with Crippen molar-refractivity contribution in [3.05, 3.63) is 102 Å². The number of pyridine rings is 1. The molecule has 0 radical (unpaired) electrons. The van der Waals surface area contributed by atoms with Gasteiger partial charge in [0.25, 0.3) is 11.8 Å². The normalized spacial score (nSPS) is 10.9. The molecule has 0 aliphatic heterocycles. The SMILES string of the molecule is CN(C)c1ccc(/C=C(/NC(=O)c2ccccc2)C(=O)NCc2ccncc2)cc1. The molecular weight excluding hydrogens is 376 g/mol. The van der Waals surface area contributed by atoms with E-state index in [1.54, 1.807) is 42.7 Å². The maximum Gasteiger partial charge on any atom is 0.268 e. The molecule has 2 N–H and O–H groups in total. The third kappa shape index (κ3) is 5.78. The number of carbonyl (C=O) groups excluding carboxylic acids is 2. The molecule has 2 aromatic carbocycles. The van der Waals surface area contributed by atoms with Crippen LogP contribution in [-0.2, 0) is 11.3 Å². The van der Waals surface area contributed by atoms with E-state index in [4.69, 9.17) is 0 Å². The van der Waals surface area contributed by atoms with Gasteiger partial charge in [-0.2, -0.15) is 0 Å². The number of nitrogens with one attached hydrogen (secondary N) is 2. The Hall–Kier alpha value is -3.93. The lowest BCUT2D eigenvalue weighted by atomic mass is 10.1. The average Bonchev–Trinajstić information content (AvgIpc) is 2.78. The molecular formula is C24H24N4O2. The molecule has 1 heterocycles. The van der Waals surface area contributed by atoms with E-state index in [9.17, 15) is 9.59 Å². The Kier molecular flexibility index (Phi) is 6.95. The van der Waals surface area contributed by atoms with Gasteiger partial charge >= 0.3 is 0 Å². The predicted octanol–water partition coefficient (Wildman–Crippen LogP) is 3.23. The summed E-state index contributed by atoms with van der Waals surface area (Å²) in [5.41, 5.74) is 3.43. The van der Waals surface area contributed by atoms with Crippen molar-refractivity contribution in [3.63, 3.8) is 0 Å². The van der Waals surface area contributed by atoms with Crippen LogP contribution in [-0.4, -0.2) is 30.9 Å². The maximum atomic E-state index is 12.8. The third-order valence-electron chi connectivity index (χ3n) is 4.45. The van der Waals surface area contributed by atoms with Gasteiger partial charge in [-0.3, -0.25) is 14.6 Å². The largest absolute Gasteiger partial charge is 0.378 e. The van der Waals surface area contributed by atoms with Crippen molar-refractivity contribution in [2.24, 2.45) is 0 Å². The molecule has 2 amide bonds. The summed E-state index contributed by atoms with van der Waals surface area (Å²) in [6.07, 6.45) is 5.01. The van der Waals surface area contributed by atoms with Gasteiger partial charge in [-0.1, -0.05) is 30.3 Å². The number of nitrogens with zero attached hydrogens (tertiary/aromatic N) is 2. The van der Waals surface area contributed by atoms with Gasteiger partial charge in [-0.25, -0.2) is 0 Å². The van der Waals surface area contributed by atoms with Crippen LogP contribution in [0.3, 0.4) is 0 Å². The van der Waals surface area contributed by atoms with Gasteiger partial charge in [-0.15, -0.1) is 0 Å². The molecule has 0 aliphatic rings. The van der Waals surface area contributed by atoms with Crippen LogP contribution >= 0.6 is 0 Å². The van der Waals surface area contributed by atoms with E-state index in [1.165, 1.54) is 0 Å². The Bertz CT molecular complexity index is 1010. The second kappa shape index (κ2) is 10.0. The summed E-state index contributed by atoms with van der Waals surface area (Å²) in [7, 11) is 3.92. The number of anilines is 1. The molecule has 3 aromatic rings. The zero-order chi connectivity index (χ0) is 21.3. The second-order valence-corrected chi connectivity index (χ2v) is 6.90. The van der Waals surface area contributed by atoms with Crippen LogP contribution in [0.1, 0.15) is 21.5 Å². The molecule has 0 saturated carbocycles. The number of benzene rings is 2.